The van der Waals surface area contributed by atoms with Crippen molar-refractivity contribution in [1.29, 1.82) is 0 Å². The van der Waals surface area contributed by atoms with Gasteiger partial charge in [0.25, 0.3) is 0 Å². The Balaban J connectivity index is 1.15. The van der Waals surface area contributed by atoms with E-state index in [1.807, 2.05) is 0 Å². The molecule has 2 heterocycles. The Morgan fingerprint density at radius 1 is 0.368 bits per heavy atom. The minimum absolute atomic E-state index is 0.150. The smallest absolute Gasteiger partial charge is 0.0502 e. The van der Waals surface area contributed by atoms with Gasteiger partial charge in [0, 0.05) is 22.2 Å². The summed E-state index contributed by atoms with van der Waals surface area (Å²) >= 11 is 0. The molecule has 0 saturated heterocycles. The summed E-state index contributed by atoms with van der Waals surface area (Å²) in [6.07, 6.45) is 8.93. The zero-order chi connectivity index (χ0) is 45.7. The first-order valence-electron chi connectivity index (χ1n) is 24.2. The molecule has 0 aromatic heterocycles. The molecule has 326 valence electrons. The van der Waals surface area contributed by atoms with Gasteiger partial charge in [-0.3, -0.25) is 0 Å². The molecule has 0 N–H and O–H groups in total. The van der Waals surface area contributed by atoms with Gasteiger partial charge < -0.3 is 9.80 Å². The van der Waals surface area contributed by atoms with Crippen LogP contribution < -0.4 is 9.80 Å². The molecule has 0 amide bonds. The fraction of sp³-hybridized carbons (Fsp3) is 0.121. The van der Waals surface area contributed by atoms with E-state index in [2.05, 4.69) is 256 Å². The minimum Gasteiger partial charge on any atom is -0.310 e. The number of benzene rings is 10. The second-order valence-corrected chi connectivity index (χ2v) is 19.9. The van der Waals surface area contributed by atoms with Crippen molar-refractivity contribution in [2.75, 3.05) is 9.80 Å². The zero-order valence-electron chi connectivity index (χ0n) is 39.1. The van der Waals surface area contributed by atoms with Gasteiger partial charge in [0.2, 0.25) is 0 Å². The van der Waals surface area contributed by atoms with Crippen molar-refractivity contribution in [3.05, 3.63) is 246 Å². The van der Waals surface area contributed by atoms with E-state index in [-0.39, 0.29) is 10.8 Å². The van der Waals surface area contributed by atoms with Crippen LogP contribution in [0.4, 0.5) is 34.1 Å². The van der Waals surface area contributed by atoms with E-state index in [4.69, 9.17) is 0 Å². The van der Waals surface area contributed by atoms with Crippen LogP contribution in [0.5, 0.6) is 0 Å². The molecule has 2 aliphatic heterocycles. The van der Waals surface area contributed by atoms with Crippen LogP contribution in [0.25, 0.3) is 60.1 Å². The van der Waals surface area contributed by atoms with Crippen LogP contribution in [0.3, 0.4) is 0 Å². The number of rotatable bonds is 5. The van der Waals surface area contributed by atoms with E-state index < -0.39 is 0 Å². The molecule has 0 saturated carbocycles. The van der Waals surface area contributed by atoms with Crippen molar-refractivity contribution >= 4 is 72.0 Å². The van der Waals surface area contributed by atoms with Gasteiger partial charge in [-0.25, -0.2) is 0 Å². The van der Waals surface area contributed by atoms with Crippen LogP contribution in [0.2, 0.25) is 0 Å². The van der Waals surface area contributed by atoms with Crippen LogP contribution in [-0.4, -0.2) is 0 Å². The summed E-state index contributed by atoms with van der Waals surface area (Å²) in [4.78, 5) is 5.02. The minimum atomic E-state index is -0.156. The first-order valence-corrected chi connectivity index (χ1v) is 24.2. The van der Waals surface area contributed by atoms with Crippen molar-refractivity contribution in [3.63, 3.8) is 0 Å². The number of anilines is 6. The first kappa shape index (κ1) is 40.3. The quantitative estimate of drug-likeness (QED) is 0.159. The van der Waals surface area contributed by atoms with Gasteiger partial charge in [-0.05, 0) is 149 Å². The van der Waals surface area contributed by atoms with Crippen LogP contribution in [0, 0.1) is 0 Å². The van der Waals surface area contributed by atoms with E-state index in [1.165, 1.54) is 111 Å². The molecule has 0 radical (unpaired) electrons. The average Bonchev–Trinajstić information content (AvgIpc) is 3.38. The fourth-order valence-electron chi connectivity index (χ4n) is 12.2. The van der Waals surface area contributed by atoms with E-state index >= 15 is 0 Å². The number of hydrogen-bond donors (Lipinski definition) is 0. The molecular weight excluding hydrogens is 821 g/mol. The third-order valence-electron chi connectivity index (χ3n) is 15.5. The molecule has 2 heteroatoms. The Hall–Kier alpha value is -7.94. The normalized spacial score (nSPS) is 15.4. The summed E-state index contributed by atoms with van der Waals surface area (Å²) in [5.74, 6) is 0. The Labute approximate surface area is 399 Å². The van der Waals surface area contributed by atoms with Gasteiger partial charge in [0.1, 0.15) is 0 Å². The third kappa shape index (κ3) is 5.96. The summed E-state index contributed by atoms with van der Waals surface area (Å²) in [6.45, 7) is 9.47. The predicted octanol–water partition coefficient (Wildman–Crippen LogP) is 18.4. The number of fused-ring (bicyclic) bond motifs is 7. The molecule has 3 aliphatic rings. The van der Waals surface area contributed by atoms with Gasteiger partial charge in [0.15, 0.2) is 0 Å². The van der Waals surface area contributed by atoms with Gasteiger partial charge in [-0.15, -0.1) is 0 Å². The molecular formula is C66H52N2. The SMILES string of the molecule is CC1(C)c2ccccc2N(c2ccc3c(-c4ccccc4-c4cccc5ccccc45)c4cc(N5c6ccccc6C(C)(C)c6ccccc65)ccc4c(C4=CC=CCC4)c3c2)c2ccccc21. The van der Waals surface area contributed by atoms with Crippen molar-refractivity contribution in [2.45, 2.75) is 51.4 Å². The van der Waals surface area contributed by atoms with Crippen LogP contribution in [-0.2, 0) is 10.8 Å². The largest absolute Gasteiger partial charge is 0.310 e. The Morgan fingerprint density at radius 2 is 0.809 bits per heavy atom. The molecule has 2 nitrogen and oxygen atoms in total. The Kier molecular flexibility index (Phi) is 9.08. The van der Waals surface area contributed by atoms with E-state index in [0.29, 0.717) is 0 Å². The molecule has 10 aromatic carbocycles. The van der Waals surface area contributed by atoms with Crippen molar-refractivity contribution in [1.82, 2.24) is 0 Å². The summed E-state index contributed by atoms with van der Waals surface area (Å²) < 4.78 is 0. The van der Waals surface area contributed by atoms with Gasteiger partial charge in [-0.2, -0.15) is 0 Å². The second-order valence-electron chi connectivity index (χ2n) is 19.9. The number of hydrogen-bond acceptors (Lipinski definition) is 2. The van der Waals surface area contributed by atoms with Gasteiger partial charge in [0.05, 0.1) is 22.7 Å². The molecule has 0 spiro atoms. The third-order valence-corrected chi connectivity index (χ3v) is 15.5. The fourth-order valence-corrected chi connectivity index (χ4v) is 12.2. The maximum absolute atomic E-state index is 2.51. The van der Waals surface area contributed by atoms with E-state index in [1.54, 1.807) is 0 Å². The lowest BCUT2D eigenvalue weighted by atomic mass is 9.73. The van der Waals surface area contributed by atoms with Crippen molar-refractivity contribution < 1.29 is 0 Å². The monoisotopic (exact) mass is 872 g/mol. The molecule has 13 rings (SSSR count). The zero-order valence-corrected chi connectivity index (χ0v) is 39.1. The second kappa shape index (κ2) is 15.3. The molecule has 1 aliphatic carbocycles. The summed E-state index contributed by atoms with van der Waals surface area (Å²) in [5, 5.41) is 7.52. The summed E-state index contributed by atoms with van der Waals surface area (Å²) in [5.41, 5.74) is 19.9. The van der Waals surface area contributed by atoms with E-state index in [9.17, 15) is 0 Å². The van der Waals surface area contributed by atoms with Crippen molar-refractivity contribution in [3.8, 4) is 22.3 Å². The number of nitrogens with zero attached hydrogens (tertiary/aromatic N) is 2. The van der Waals surface area contributed by atoms with Crippen LogP contribution in [0.15, 0.2) is 218 Å². The standard InChI is InChI=1S/C66H52N2/c1-65(2)55-29-12-16-33-59(55)67(60-34-17-13-30-56(60)65)45-38-40-52-53(41-45)63(44-22-6-5-7-23-44)51-39-37-46(68-61-35-18-14-31-57(61)66(3,4)58-32-15-19-36-62(58)68)42-54(51)64(52)50-27-11-10-26-49(50)48-28-20-24-43-21-8-9-25-47(43)48/h5-6,8-22,24-42H,7,23H2,1-4H3. The summed E-state index contributed by atoms with van der Waals surface area (Å²) in [7, 11) is 0. The van der Waals surface area contributed by atoms with Crippen LogP contribution >= 0.6 is 0 Å². The maximum atomic E-state index is 2.51. The molecule has 10 aromatic rings. The summed E-state index contributed by atoms with van der Waals surface area (Å²) in [6, 6.07) is 75.3. The van der Waals surface area contributed by atoms with E-state index in [0.717, 1.165) is 24.2 Å². The first-order chi connectivity index (χ1) is 33.3. The number of allylic oxidation sites excluding steroid dienone is 4. The molecule has 0 fully saturated rings. The van der Waals surface area contributed by atoms with Crippen molar-refractivity contribution in [2.24, 2.45) is 0 Å². The highest BCUT2D eigenvalue weighted by molar-refractivity contribution is 6.22. The Bertz CT molecular complexity index is 3660. The maximum Gasteiger partial charge on any atom is 0.0502 e. The highest BCUT2D eigenvalue weighted by atomic mass is 15.2. The van der Waals surface area contributed by atoms with Gasteiger partial charge in [-0.1, -0.05) is 198 Å². The highest BCUT2D eigenvalue weighted by Crippen LogP contribution is 2.56. The van der Waals surface area contributed by atoms with Gasteiger partial charge >= 0.3 is 0 Å². The topological polar surface area (TPSA) is 6.48 Å². The lowest BCUT2D eigenvalue weighted by Crippen LogP contribution is -2.30. The highest BCUT2D eigenvalue weighted by Gasteiger charge is 2.38. The Morgan fingerprint density at radius 3 is 1.35 bits per heavy atom. The number of para-hydroxylation sites is 4. The molecule has 0 atom stereocenters. The lowest BCUT2D eigenvalue weighted by Gasteiger charge is -2.42. The predicted molar refractivity (Wildman–Crippen MR) is 290 cm³/mol. The molecule has 0 bridgehead atoms. The average molecular weight is 873 g/mol. The molecule has 68 heavy (non-hydrogen) atoms. The lowest BCUT2D eigenvalue weighted by molar-refractivity contribution is 0.632. The molecule has 0 unspecified atom stereocenters. The van der Waals surface area contributed by atoms with Crippen LogP contribution in [0.1, 0.15) is 68.4 Å².